The van der Waals surface area contributed by atoms with Crippen molar-refractivity contribution in [3.8, 4) is 6.07 Å². The molecule has 0 fully saturated rings. The van der Waals surface area contributed by atoms with Gasteiger partial charge in [-0.1, -0.05) is 30.0 Å². The van der Waals surface area contributed by atoms with Gasteiger partial charge in [0.05, 0.1) is 16.8 Å². The van der Waals surface area contributed by atoms with Gasteiger partial charge in [-0.2, -0.15) is 5.26 Å². The van der Waals surface area contributed by atoms with Crippen LogP contribution in [0.4, 0.5) is 0 Å². The largest absolute Gasteiger partial charge is 0.236 e. The highest BCUT2D eigenvalue weighted by molar-refractivity contribution is 8.00. The van der Waals surface area contributed by atoms with E-state index in [1.807, 2.05) is 31.2 Å². The van der Waals surface area contributed by atoms with Crippen molar-refractivity contribution in [1.82, 2.24) is 9.97 Å². The van der Waals surface area contributed by atoms with Gasteiger partial charge >= 0.3 is 0 Å². The molecule has 4 heteroatoms. The molecule has 1 aromatic carbocycles. The molecular weight excluding hydrogens is 206 g/mol. The molecule has 0 spiro atoms. The maximum Gasteiger partial charge on any atom is 0.117 e. The highest BCUT2D eigenvalue weighted by Crippen LogP contribution is 2.26. The molecule has 0 aliphatic heterocycles. The number of benzene rings is 1. The van der Waals surface area contributed by atoms with Crippen LogP contribution >= 0.6 is 11.8 Å². The molecule has 3 nitrogen and oxygen atoms in total. The molecule has 1 heterocycles. The maximum atomic E-state index is 8.75. The Hall–Kier alpha value is -1.60. The number of hydrogen-bond donors (Lipinski definition) is 0. The average Bonchev–Trinajstić information content (AvgIpc) is 2.29. The fraction of sp³-hybridized carbons (Fsp3) is 0.182. The Balaban J connectivity index is 2.48. The lowest BCUT2D eigenvalue weighted by molar-refractivity contribution is 1.09. The van der Waals surface area contributed by atoms with E-state index in [-0.39, 0.29) is 5.25 Å². The average molecular weight is 215 g/mol. The Morgan fingerprint density at radius 3 is 2.93 bits per heavy atom. The van der Waals surface area contributed by atoms with Crippen LogP contribution in [0.15, 0.2) is 35.6 Å². The Morgan fingerprint density at radius 2 is 2.13 bits per heavy atom. The van der Waals surface area contributed by atoms with E-state index in [4.69, 9.17) is 5.26 Å². The fourth-order valence-corrected chi connectivity index (χ4v) is 2.06. The maximum absolute atomic E-state index is 8.75. The highest BCUT2D eigenvalue weighted by atomic mass is 32.2. The summed E-state index contributed by atoms with van der Waals surface area (Å²) in [5.74, 6) is 0. The summed E-state index contributed by atoms with van der Waals surface area (Å²) >= 11 is 1.46. The van der Waals surface area contributed by atoms with Crippen molar-refractivity contribution in [1.29, 1.82) is 5.26 Å². The van der Waals surface area contributed by atoms with Crippen molar-refractivity contribution in [2.24, 2.45) is 0 Å². The predicted molar refractivity (Wildman–Crippen MR) is 60.5 cm³/mol. The van der Waals surface area contributed by atoms with Gasteiger partial charge in [0.2, 0.25) is 0 Å². The molecule has 0 radical (unpaired) electrons. The van der Waals surface area contributed by atoms with Gasteiger partial charge in [-0.25, -0.2) is 9.97 Å². The number of rotatable bonds is 2. The van der Waals surface area contributed by atoms with E-state index >= 15 is 0 Å². The van der Waals surface area contributed by atoms with Crippen LogP contribution in [-0.4, -0.2) is 15.2 Å². The molecule has 2 aromatic rings. The minimum Gasteiger partial charge on any atom is -0.236 e. The SMILES string of the molecule is C[C@@H](C#N)Sc1ncnc2ccccc12. The fourth-order valence-electron chi connectivity index (χ4n) is 1.27. The molecule has 0 bridgehead atoms. The molecule has 0 N–H and O–H groups in total. The number of nitrogens with zero attached hydrogens (tertiary/aromatic N) is 3. The number of nitriles is 1. The van der Waals surface area contributed by atoms with Gasteiger partial charge in [0.25, 0.3) is 0 Å². The molecule has 0 saturated heterocycles. The van der Waals surface area contributed by atoms with E-state index in [0.29, 0.717) is 0 Å². The van der Waals surface area contributed by atoms with E-state index in [2.05, 4.69) is 16.0 Å². The topological polar surface area (TPSA) is 49.6 Å². The van der Waals surface area contributed by atoms with Gasteiger partial charge < -0.3 is 0 Å². The van der Waals surface area contributed by atoms with Crippen LogP contribution < -0.4 is 0 Å². The number of aromatic nitrogens is 2. The molecular formula is C11H9N3S. The third-order valence-electron chi connectivity index (χ3n) is 1.98. The summed E-state index contributed by atoms with van der Waals surface area (Å²) in [5, 5.41) is 10.5. The smallest absolute Gasteiger partial charge is 0.117 e. The predicted octanol–water partition coefficient (Wildman–Crippen LogP) is 2.63. The monoisotopic (exact) mass is 215 g/mol. The van der Waals surface area contributed by atoms with E-state index < -0.39 is 0 Å². The van der Waals surface area contributed by atoms with Gasteiger partial charge in [-0.05, 0) is 13.0 Å². The molecule has 1 atom stereocenters. The molecule has 0 amide bonds. The van der Waals surface area contributed by atoms with Gasteiger partial charge in [0, 0.05) is 5.39 Å². The van der Waals surface area contributed by atoms with E-state index in [1.165, 1.54) is 18.1 Å². The number of thioether (sulfide) groups is 1. The number of fused-ring (bicyclic) bond motifs is 1. The first-order chi connectivity index (χ1) is 7.31. The van der Waals surface area contributed by atoms with Crippen molar-refractivity contribution in [2.75, 3.05) is 0 Å². The summed E-state index contributed by atoms with van der Waals surface area (Å²) < 4.78 is 0. The first-order valence-electron chi connectivity index (χ1n) is 4.57. The standard InChI is InChI=1S/C11H9N3S/c1-8(6-12)15-11-9-4-2-3-5-10(9)13-7-14-11/h2-5,7-8H,1H3/t8-/m0/s1. The minimum absolute atomic E-state index is 0.0942. The summed E-state index contributed by atoms with van der Waals surface area (Å²) in [6, 6.07) is 9.99. The van der Waals surface area contributed by atoms with Gasteiger partial charge in [0.15, 0.2) is 0 Å². The van der Waals surface area contributed by atoms with Gasteiger partial charge in [-0.3, -0.25) is 0 Å². The van der Waals surface area contributed by atoms with Crippen LogP contribution in [0.25, 0.3) is 10.9 Å². The Labute approximate surface area is 92.2 Å². The molecule has 1 aromatic heterocycles. The van der Waals surface area contributed by atoms with Crippen molar-refractivity contribution >= 4 is 22.7 Å². The normalized spacial score (nSPS) is 12.3. The minimum atomic E-state index is -0.0942. The van der Waals surface area contributed by atoms with Crippen molar-refractivity contribution < 1.29 is 0 Å². The van der Waals surface area contributed by atoms with E-state index in [0.717, 1.165) is 15.9 Å². The second-order valence-electron chi connectivity index (χ2n) is 3.09. The first-order valence-corrected chi connectivity index (χ1v) is 5.45. The van der Waals surface area contributed by atoms with Crippen LogP contribution in [0, 0.1) is 11.3 Å². The van der Waals surface area contributed by atoms with Crippen molar-refractivity contribution in [3.05, 3.63) is 30.6 Å². The van der Waals surface area contributed by atoms with Crippen LogP contribution in [0.2, 0.25) is 0 Å². The Kier molecular flexibility index (Phi) is 2.84. The van der Waals surface area contributed by atoms with Crippen LogP contribution in [0.5, 0.6) is 0 Å². The number of hydrogen-bond acceptors (Lipinski definition) is 4. The lowest BCUT2D eigenvalue weighted by atomic mass is 10.2. The lowest BCUT2D eigenvalue weighted by Gasteiger charge is -2.04. The molecule has 0 unspecified atom stereocenters. The van der Waals surface area contributed by atoms with Gasteiger partial charge in [-0.15, -0.1) is 0 Å². The molecule has 0 saturated carbocycles. The molecule has 2 rings (SSSR count). The number of para-hydroxylation sites is 1. The zero-order valence-electron chi connectivity index (χ0n) is 8.21. The van der Waals surface area contributed by atoms with Crippen LogP contribution in [0.3, 0.4) is 0 Å². The third kappa shape index (κ3) is 2.08. The highest BCUT2D eigenvalue weighted by Gasteiger charge is 2.07. The Bertz CT molecular complexity index is 513. The summed E-state index contributed by atoms with van der Waals surface area (Å²) in [4.78, 5) is 8.36. The summed E-state index contributed by atoms with van der Waals surface area (Å²) in [7, 11) is 0. The van der Waals surface area contributed by atoms with E-state index in [1.54, 1.807) is 0 Å². The summed E-state index contributed by atoms with van der Waals surface area (Å²) in [6.45, 7) is 1.86. The van der Waals surface area contributed by atoms with Crippen LogP contribution in [0.1, 0.15) is 6.92 Å². The first kappa shape index (κ1) is 9.94. The van der Waals surface area contributed by atoms with Gasteiger partial charge in [0.1, 0.15) is 11.4 Å². The summed E-state index contributed by atoms with van der Waals surface area (Å²) in [6.07, 6.45) is 1.54. The van der Waals surface area contributed by atoms with Crippen LogP contribution in [-0.2, 0) is 0 Å². The third-order valence-corrected chi connectivity index (χ3v) is 2.98. The van der Waals surface area contributed by atoms with Crippen molar-refractivity contribution in [2.45, 2.75) is 17.2 Å². The van der Waals surface area contributed by atoms with Crippen molar-refractivity contribution in [3.63, 3.8) is 0 Å². The zero-order chi connectivity index (χ0) is 10.7. The Morgan fingerprint density at radius 1 is 1.33 bits per heavy atom. The van der Waals surface area contributed by atoms with E-state index in [9.17, 15) is 0 Å². The molecule has 0 aliphatic carbocycles. The summed E-state index contributed by atoms with van der Waals surface area (Å²) in [5.41, 5.74) is 0.917. The lowest BCUT2D eigenvalue weighted by Crippen LogP contribution is -1.93. The molecule has 15 heavy (non-hydrogen) atoms. The zero-order valence-corrected chi connectivity index (χ0v) is 9.03. The second kappa shape index (κ2) is 4.28. The quantitative estimate of drug-likeness (QED) is 0.570. The second-order valence-corrected chi connectivity index (χ2v) is 4.41. The molecule has 74 valence electrons. The molecule has 0 aliphatic rings.